The number of nitrogens with zero attached hydrogens (tertiary/aromatic N) is 3. The Labute approximate surface area is 250 Å². The molecule has 3 aromatic rings. The number of amides is 1. The fourth-order valence-electron chi connectivity index (χ4n) is 4.25. The highest BCUT2D eigenvalue weighted by Crippen LogP contribution is 2.33. The molecule has 0 unspecified atom stereocenters. The number of hydrogen-bond donors (Lipinski definition) is 2. The molecular weight excluding hydrogens is 573 g/mol. The molecule has 2 N–H and O–H groups in total. The summed E-state index contributed by atoms with van der Waals surface area (Å²) in [5.41, 5.74) is 0.0129. The molecule has 216 valence electrons. The molecule has 0 bridgehead atoms. The lowest BCUT2D eigenvalue weighted by Gasteiger charge is -2.08. The zero-order chi connectivity index (χ0) is 28.9. The first-order chi connectivity index (χ1) is 19.3. The zero-order valence-corrected chi connectivity index (χ0v) is 25.2. The van der Waals surface area contributed by atoms with Crippen molar-refractivity contribution in [2.24, 2.45) is 10.2 Å². The molecule has 2 aromatic carbocycles. The Bertz CT molecular complexity index is 1310. The van der Waals surface area contributed by atoms with E-state index >= 15 is 0 Å². The van der Waals surface area contributed by atoms with Gasteiger partial charge in [0.2, 0.25) is 5.91 Å². The lowest BCUT2D eigenvalue weighted by Crippen LogP contribution is -2.15. The van der Waals surface area contributed by atoms with Crippen LogP contribution in [0.1, 0.15) is 77.6 Å². The van der Waals surface area contributed by atoms with Crippen molar-refractivity contribution in [2.75, 3.05) is 12.4 Å². The summed E-state index contributed by atoms with van der Waals surface area (Å²) in [4.78, 5) is 26.2. The van der Waals surface area contributed by atoms with Crippen LogP contribution in [0.3, 0.4) is 0 Å². The van der Waals surface area contributed by atoms with Crippen LogP contribution in [0, 0.1) is 0 Å². The number of hydrogen-bond acceptors (Lipinski definition) is 5. The van der Waals surface area contributed by atoms with Crippen LogP contribution in [0.4, 0.5) is 17.2 Å². The average Bonchev–Trinajstić information content (AvgIpc) is 3.22. The lowest BCUT2D eigenvalue weighted by atomic mass is 10.1. The Balaban J connectivity index is 1.71. The van der Waals surface area contributed by atoms with Crippen molar-refractivity contribution in [3.05, 3.63) is 61.8 Å². The zero-order valence-electron chi connectivity index (χ0n) is 22.9. The number of aromatic amines is 1. The molecule has 0 aliphatic heterocycles. The van der Waals surface area contributed by atoms with Gasteiger partial charge in [-0.3, -0.25) is 14.7 Å². The monoisotopic (exact) mass is 607 g/mol. The number of azo groups is 1. The molecule has 3 rings (SSSR count). The van der Waals surface area contributed by atoms with Gasteiger partial charge in [-0.25, -0.2) is 4.68 Å². The molecule has 1 aromatic heterocycles. The van der Waals surface area contributed by atoms with Crippen LogP contribution in [0.2, 0.25) is 15.1 Å². The van der Waals surface area contributed by atoms with Crippen molar-refractivity contribution in [3.8, 4) is 11.4 Å². The fraction of sp³-hybridized carbons (Fsp3) is 0.448. The summed E-state index contributed by atoms with van der Waals surface area (Å²) in [6.45, 7) is 2.22. The van der Waals surface area contributed by atoms with Gasteiger partial charge in [0, 0.05) is 11.4 Å². The largest absolute Gasteiger partial charge is 0.497 e. The van der Waals surface area contributed by atoms with E-state index in [1.807, 2.05) is 0 Å². The highest BCUT2D eigenvalue weighted by molar-refractivity contribution is 6.40. The Hall–Kier alpha value is -2.81. The van der Waals surface area contributed by atoms with Gasteiger partial charge in [-0.2, -0.15) is 5.11 Å². The molecule has 0 saturated carbocycles. The molecule has 0 aliphatic rings. The van der Waals surface area contributed by atoms with Crippen molar-refractivity contribution >= 4 is 57.9 Å². The van der Waals surface area contributed by atoms with Gasteiger partial charge in [0.15, 0.2) is 11.5 Å². The number of aromatic nitrogens is 2. The molecule has 0 radical (unpaired) electrons. The smallest absolute Gasteiger partial charge is 0.301 e. The van der Waals surface area contributed by atoms with Crippen LogP contribution in [0.25, 0.3) is 5.69 Å². The van der Waals surface area contributed by atoms with Gasteiger partial charge in [-0.15, -0.1) is 5.11 Å². The van der Waals surface area contributed by atoms with Gasteiger partial charge in [0.05, 0.1) is 22.8 Å². The summed E-state index contributed by atoms with van der Waals surface area (Å²) in [6, 6.07) is 9.80. The SMILES string of the molecule is CCCCCCCCCCCCC(=O)Nc1[nH]n(-c2c(Cl)cc(Cl)cc2Cl)c(=O)c1N=Nc1ccc(OC)cc1. The second-order valence-electron chi connectivity index (χ2n) is 9.57. The van der Waals surface area contributed by atoms with Crippen LogP contribution < -0.4 is 15.6 Å². The van der Waals surface area contributed by atoms with Gasteiger partial charge in [-0.1, -0.05) is 99.5 Å². The number of rotatable bonds is 16. The maximum absolute atomic E-state index is 13.4. The Morgan fingerprint density at radius 1 is 0.900 bits per heavy atom. The number of nitrogens with one attached hydrogen (secondary N) is 2. The van der Waals surface area contributed by atoms with Gasteiger partial charge >= 0.3 is 5.56 Å². The average molecular weight is 609 g/mol. The number of ether oxygens (including phenoxy) is 1. The standard InChI is InChI=1S/C29H36Cl3N5O3/c1-3-4-5-6-7-8-9-10-11-12-13-25(38)33-28-26(35-34-21-14-16-22(40-2)17-15-21)29(39)37(36-28)27-23(31)18-20(30)19-24(27)32/h14-19,36H,3-13H2,1-2H3,(H,33,38). The third-order valence-corrected chi connectivity index (χ3v) is 7.23. The number of anilines is 1. The van der Waals surface area contributed by atoms with Crippen molar-refractivity contribution < 1.29 is 9.53 Å². The molecule has 1 heterocycles. The van der Waals surface area contributed by atoms with Crippen molar-refractivity contribution in [1.82, 2.24) is 9.78 Å². The van der Waals surface area contributed by atoms with Crippen LogP contribution >= 0.6 is 34.8 Å². The highest BCUT2D eigenvalue weighted by atomic mass is 35.5. The number of benzene rings is 2. The predicted molar refractivity (Wildman–Crippen MR) is 164 cm³/mol. The molecule has 0 fully saturated rings. The van der Waals surface area contributed by atoms with Crippen LogP contribution in [-0.4, -0.2) is 22.8 Å². The molecule has 1 amide bonds. The van der Waals surface area contributed by atoms with E-state index in [2.05, 4.69) is 27.6 Å². The van der Waals surface area contributed by atoms with E-state index in [0.717, 1.165) is 23.9 Å². The quantitative estimate of drug-likeness (QED) is 0.125. The van der Waals surface area contributed by atoms with Crippen LogP contribution in [0.5, 0.6) is 5.75 Å². The first-order valence-electron chi connectivity index (χ1n) is 13.7. The second kappa shape index (κ2) is 16.5. The number of carbonyl (C=O) groups is 1. The molecule has 0 spiro atoms. The first-order valence-corrected chi connectivity index (χ1v) is 14.8. The highest BCUT2D eigenvalue weighted by Gasteiger charge is 2.21. The maximum Gasteiger partial charge on any atom is 0.301 e. The summed E-state index contributed by atoms with van der Waals surface area (Å²) >= 11 is 18.8. The molecule has 0 aliphatic carbocycles. The van der Waals surface area contributed by atoms with E-state index in [0.29, 0.717) is 22.9 Å². The predicted octanol–water partition coefficient (Wildman–Crippen LogP) is 9.80. The number of unbranched alkanes of at least 4 members (excludes halogenated alkanes) is 9. The molecular formula is C29H36Cl3N5O3. The Kier molecular flexibility index (Phi) is 13.0. The third-order valence-electron chi connectivity index (χ3n) is 6.43. The molecule has 11 heteroatoms. The van der Waals surface area contributed by atoms with E-state index in [-0.39, 0.29) is 33.1 Å². The maximum atomic E-state index is 13.4. The van der Waals surface area contributed by atoms with Gasteiger partial charge in [-0.05, 0) is 42.8 Å². The van der Waals surface area contributed by atoms with E-state index in [1.165, 1.54) is 57.1 Å². The summed E-state index contributed by atoms with van der Waals surface area (Å²) in [6.07, 6.45) is 12.0. The number of carbonyl (C=O) groups excluding carboxylic acids is 1. The fourth-order valence-corrected chi connectivity index (χ4v) is 5.23. The van der Waals surface area contributed by atoms with E-state index in [4.69, 9.17) is 39.5 Å². The van der Waals surface area contributed by atoms with Gasteiger partial charge < -0.3 is 10.1 Å². The van der Waals surface area contributed by atoms with Crippen molar-refractivity contribution in [3.63, 3.8) is 0 Å². The van der Waals surface area contributed by atoms with Crippen LogP contribution in [-0.2, 0) is 4.79 Å². The number of halogens is 3. The normalized spacial score (nSPS) is 11.3. The van der Waals surface area contributed by atoms with Crippen molar-refractivity contribution in [2.45, 2.75) is 77.6 Å². The topological polar surface area (TPSA) is 101 Å². The summed E-state index contributed by atoms with van der Waals surface area (Å²) in [7, 11) is 1.57. The number of methoxy groups -OCH3 is 1. The summed E-state index contributed by atoms with van der Waals surface area (Å²) < 4.78 is 6.29. The Morgan fingerprint density at radius 3 is 2.05 bits per heavy atom. The minimum Gasteiger partial charge on any atom is -0.497 e. The first kappa shape index (κ1) is 31.7. The van der Waals surface area contributed by atoms with Crippen LogP contribution in [0.15, 0.2) is 51.4 Å². The number of H-pyrrole nitrogens is 1. The Morgan fingerprint density at radius 2 is 1.48 bits per heavy atom. The summed E-state index contributed by atoms with van der Waals surface area (Å²) in [5, 5.41) is 14.6. The minimum absolute atomic E-state index is 0.0886. The molecule has 40 heavy (non-hydrogen) atoms. The van der Waals surface area contributed by atoms with Gasteiger partial charge in [0.1, 0.15) is 11.4 Å². The van der Waals surface area contributed by atoms with Gasteiger partial charge in [0.25, 0.3) is 0 Å². The van der Waals surface area contributed by atoms with Crippen molar-refractivity contribution in [1.29, 1.82) is 0 Å². The second-order valence-corrected chi connectivity index (χ2v) is 10.8. The van der Waals surface area contributed by atoms with E-state index in [1.54, 1.807) is 31.4 Å². The lowest BCUT2D eigenvalue weighted by molar-refractivity contribution is -0.116. The van der Waals surface area contributed by atoms with E-state index < -0.39 is 5.56 Å². The third kappa shape index (κ3) is 9.39. The molecule has 0 saturated heterocycles. The summed E-state index contributed by atoms with van der Waals surface area (Å²) in [5.74, 6) is 0.526. The van der Waals surface area contributed by atoms with E-state index in [9.17, 15) is 9.59 Å². The molecule has 0 atom stereocenters. The molecule has 8 nitrogen and oxygen atoms in total. The minimum atomic E-state index is -0.586.